The van der Waals surface area contributed by atoms with Gasteiger partial charge in [0.05, 0.1) is 0 Å². The highest BCUT2D eigenvalue weighted by atomic mass is 14.9. The zero-order chi connectivity index (χ0) is 13.0. The number of benzene rings is 1. The van der Waals surface area contributed by atoms with E-state index in [1.807, 2.05) is 37.3 Å². The van der Waals surface area contributed by atoms with Crippen molar-refractivity contribution in [1.29, 1.82) is 0 Å². The molecule has 0 atom stereocenters. The monoisotopic (exact) mass is 238 g/mol. The lowest BCUT2D eigenvalue weighted by Crippen LogP contribution is -2.04. The summed E-state index contributed by atoms with van der Waals surface area (Å²) >= 11 is 0. The summed E-state index contributed by atoms with van der Waals surface area (Å²) in [6.07, 6.45) is 5.30. The molecule has 0 unspecified atom stereocenters. The van der Waals surface area contributed by atoms with Crippen LogP contribution in [0.25, 0.3) is 0 Å². The van der Waals surface area contributed by atoms with Gasteiger partial charge in [0.1, 0.15) is 0 Å². The Morgan fingerprint density at radius 3 is 2.39 bits per heavy atom. The molecule has 0 radical (unpaired) electrons. The van der Waals surface area contributed by atoms with Crippen molar-refractivity contribution >= 4 is 11.5 Å². The van der Waals surface area contributed by atoms with Crippen LogP contribution in [0.1, 0.15) is 25.8 Å². The Labute approximate surface area is 108 Å². The van der Waals surface area contributed by atoms with Crippen molar-refractivity contribution < 1.29 is 0 Å². The summed E-state index contributed by atoms with van der Waals surface area (Å²) in [7, 11) is 1.78. The standard InChI is InChI=1S/C16H18N2/c1-12-9-10-15(11-12)13(2)18-16(17-3)14-7-5-4-6-8-14/h4-10H,11H2,1-3H3. The van der Waals surface area contributed by atoms with Crippen molar-refractivity contribution in [2.24, 2.45) is 9.98 Å². The van der Waals surface area contributed by atoms with Gasteiger partial charge in [0.15, 0.2) is 5.84 Å². The molecule has 1 aromatic carbocycles. The average Bonchev–Trinajstić information content (AvgIpc) is 2.83. The van der Waals surface area contributed by atoms with E-state index >= 15 is 0 Å². The van der Waals surface area contributed by atoms with E-state index in [2.05, 4.69) is 29.1 Å². The first kappa shape index (κ1) is 12.5. The molecule has 1 aliphatic rings. The summed E-state index contributed by atoms with van der Waals surface area (Å²) in [6, 6.07) is 10.1. The molecule has 18 heavy (non-hydrogen) atoms. The Morgan fingerprint density at radius 1 is 1.11 bits per heavy atom. The van der Waals surface area contributed by atoms with Gasteiger partial charge in [-0.3, -0.25) is 4.99 Å². The number of hydrogen-bond donors (Lipinski definition) is 0. The van der Waals surface area contributed by atoms with E-state index in [-0.39, 0.29) is 0 Å². The number of hydrogen-bond acceptors (Lipinski definition) is 1. The maximum absolute atomic E-state index is 4.65. The zero-order valence-electron chi connectivity index (χ0n) is 11.1. The Balaban J connectivity index is 2.22. The predicted molar refractivity (Wildman–Crippen MR) is 78.5 cm³/mol. The topological polar surface area (TPSA) is 24.7 Å². The van der Waals surface area contributed by atoms with Crippen LogP contribution in [0.2, 0.25) is 0 Å². The van der Waals surface area contributed by atoms with Gasteiger partial charge in [-0.1, -0.05) is 48.1 Å². The summed E-state index contributed by atoms with van der Waals surface area (Å²) in [5, 5.41) is 0. The second-order valence-corrected chi connectivity index (χ2v) is 4.49. The first-order chi connectivity index (χ1) is 8.70. The van der Waals surface area contributed by atoms with Gasteiger partial charge in [0.25, 0.3) is 0 Å². The fraction of sp³-hybridized carbons (Fsp3) is 0.250. The second kappa shape index (κ2) is 5.58. The molecule has 2 nitrogen and oxygen atoms in total. The van der Waals surface area contributed by atoms with Crippen molar-refractivity contribution in [1.82, 2.24) is 0 Å². The highest BCUT2D eigenvalue weighted by Crippen LogP contribution is 2.19. The molecule has 2 heteroatoms. The van der Waals surface area contributed by atoms with E-state index in [4.69, 9.17) is 0 Å². The van der Waals surface area contributed by atoms with E-state index in [0.29, 0.717) is 0 Å². The minimum absolute atomic E-state index is 0.790. The molecule has 1 aromatic rings. The van der Waals surface area contributed by atoms with Crippen LogP contribution in [0.5, 0.6) is 0 Å². The maximum atomic E-state index is 4.65. The average molecular weight is 238 g/mol. The van der Waals surface area contributed by atoms with Gasteiger partial charge in [0, 0.05) is 18.3 Å². The number of rotatable bonds is 2. The van der Waals surface area contributed by atoms with E-state index < -0.39 is 0 Å². The number of nitrogens with zero attached hydrogens (tertiary/aromatic N) is 2. The highest BCUT2D eigenvalue weighted by Gasteiger charge is 2.09. The minimum atomic E-state index is 0.790. The zero-order valence-corrected chi connectivity index (χ0v) is 11.1. The molecule has 92 valence electrons. The van der Waals surface area contributed by atoms with Crippen molar-refractivity contribution in [2.75, 3.05) is 7.05 Å². The van der Waals surface area contributed by atoms with E-state index in [0.717, 1.165) is 23.5 Å². The van der Waals surface area contributed by atoms with Gasteiger partial charge in [-0.2, -0.15) is 0 Å². The largest absolute Gasteiger partial charge is 0.270 e. The smallest absolute Gasteiger partial charge is 0.154 e. The molecule has 2 rings (SSSR count). The van der Waals surface area contributed by atoms with Crippen molar-refractivity contribution in [3.63, 3.8) is 0 Å². The third-order valence-corrected chi connectivity index (χ3v) is 3.02. The van der Waals surface area contributed by atoms with Gasteiger partial charge < -0.3 is 0 Å². The lowest BCUT2D eigenvalue weighted by molar-refractivity contribution is 1.21. The highest BCUT2D eigenvalue weighted by molar-refractivity contribution is 6.11. The van der Waals surface area contributed by atoms with E-state index in [9.17, 15) is 0 Å². The molecule has 0 spiro atoms. The van der Waals surface area contributed by atoms with Crippen LogP contribution in [0, 0.1) is 0 Å². The first-order valence-electron chi connectivity index (χ1n) is 6.15. The van der Waals surface area contributed by atoms with Crippen LogP contribution in [-0.4, -0.2) is 18.6 Å². The van der Waals surface area contributed by atoms with Crippen LogP contribution in [0.3, 0.4) is 0 Å². The van der Waals surface area contributed by atoms with Gasteiger partial charge >= 0.3 is 0 Å². The van der Waals surface area contributed by atoms with Crippen molar-refractivity contribution in [2.45, 2.75) is 20.3 Å². The summed E-state index contributed by atoms with van der Waals surface area (Å²) in [6.45, 7) is 4.19. The van der Waals surface area contributed by atoms with Crippen LogP contribution in [0.15, 0.2) is 63.6 Å². The number of allylic oxidation sites excluding steroid dienone is 4. The summed E-state index contributed by atoms with van der Waals surface area (Å²) < 4.78 is 0. The molecule has 1 aliphatic carbocycles. The first-order valence-corrected chi connectivity index (χ1v) is 6.15. The lowest BCUT2D eigenvalue weighted by atomic mass is 10.1. The quantitative estimate of drug-likeness (QED) is 0.553. The second-order valence-electron chi connectivity index (χ2n) is 4.49. The van der Waals surface area contributed by atoms with Crippen LogP contribution in [0.4, 0.5) is 0 Å². The van der Waals surface area contributed by atoms with Gasteiger partial charge in [-0.25, -0.2) is 4.99 Å². The molecule has 0 heterocycles. The van der Waals surface area contributed by atoms with E-state index in [1.54, 1.807) is 7.05 Å². The summed E-state index contributed by atoms with van der Waals surface area (Å²) in [4.78, 5) is 8.92. The molecule has 0 saturated carbocycles. The Hall–Kier alpha value is -1.96. The number of amidine groups is 1. The molecular formula is C16H18N2. The fourth-order valence-electron chi connectivity index (χ4n) is 1.97. The molecule has 0 bridgehead atoms. The van der Waals surface area contributed by atoms with Crippen molar-refractivity contribution in [3.05, 3.63) is 59.2 Å². The minimum Gasteiger partial charge on any atom is -0.270 e. The number of aliphatic imine (C=N–C) groups is 2. The third kappa shape index (κ3) is 2.83. The predicted octanol–water partition coefficient (Wildman–Crippen LogP) is 3.80. The maximum Gasteiger partial charge on any atom is 0.154 e. The molecule has 0 amide bonds. The van der Waals surface area contributed by atoms with Gasteiger partial charge in [0.2, 0.25) is 0 Å². The Morgan fingerprint density at radius 2 is 1.83 bits per heavy atom. The van der Waals surface area contributed by atoms with E-state index in [1.165, 1.54) is 11.1 Å². The molecule has 0 N–H and O–H groups in total. The van der Waals surface area contributed by atoms with Crippen molar-refractivity contribution in [3.8, 4) is 0 Å². The van der Waals surface area contributed by atoms with Crippen LogP contribution < -0.4 is 0 Å². The molecule has 0 aromatic heterocycles. The normalized spacial score (nSPS) is 16.6. The van der Waals surface area contributed by atoms with Crippen LogP contribution >= 0.6 is 0 Å². The Bertz CT molecular complexity index is 546. The summed E-state index contributed by atoms with van der Waals surface area (Å²) in [5.41, 5.74) is 4.77. The molecule has 0 aliphatic heterocycles. The molecule has 0 saturated heterocycles. The fourth-order valence-corrected chi connectivity index (χ4v) is 1.97. The van der Waals surface area contributed by atoms with Gasteiger partial charge in [-0.15, -0.1) is 0 Å². The Kier molecular flexibility index (Phi) is 3.88. The lowest BCUT2D eigenvalue weighted by Gasteiger charge is -2.05. The third-order valence-electron chi connectivity index (χ3n) is 3.02. The van der Waals surface area contributed by atoms with Gasteiger partial charge in [-0.05, 0) is 25.8 Å². The SMILES string of the molecule is CN=C(N=C(C)C1=CC=C(C)C1)c1ccccc1. The molecular weight excluding hydrogens is 220 g/mol. The molecule has 0 fully saturated rings. The summed E-state index contributed by atoms with van der Waals surface area (Å²) in [5.74, 6) is 0.790. The van der Waals surface area contributed by atoms with Crippen LogP contribution in [-0.2, 0) is 0 Å².